The average Bonchev–Trinajstić information content (AvgIpc) is 3.14. The Morgan fingerprint density at radius 2 is 1.88 bits per heavy atom. The number of hydrogen-bond acceptors (Lipinski definition) is 4. The Morgan fingerprint density at radius 3 is 2.62 bits per heavy atom. The van der Waals surface area contributed by atoms with E-state index in [9.17, 15) is 9.59 Å². The van der Waals surface area contributed by atoms with E-state index in [1.54, 1.807) is 4.90 Å². The number of fused-ring (bicyclic) bond motifs is 1. The summed E-state index contributed by atoms with van der Waals surface area (Å²) in [6.07, 6.45) is 10.3. The lowest BCUT2D eigenvalue weighted by Gasteiger charge is -2.20. The summed E-state index contributed by atoms with van der Waals surface area (Å²) in [7, 11) is 1.86. The Morgan fingerprint density at radius 1 is 1.19 bits per heavy atom. The quantitative estimate of drug-likeness (QED) is 0.707. The number of halogens is 1. The molecule has 2 aliphatic carbocycles. The lowest BCUT2D eigenvalue weighted by atomic mass is 9.91. The molecule has 1 saturated carbocycles. The molecule has 2 N–H and O–H groups in total. The number of likely N-dealkylation sites (N-methyl/N-ethyl adjacent to an activating group) is 1. The summed E-state index contributed by atoms with van der Waals surface area (Å²) in [6.45, 7) is 1.72. The molecule has 7 heteroatoms. The van der Waals surface area contributed by atoms with Crippen molar-refractivity contribution in [1.29, 1.82) is 0 Å². The van der Waals surface area contributed by atoms with E-state index in [4.69, 9.17) is 0 Å². The molecule has 1 heterocycles. The van der Waals surface area contributed by atoms with E-state index < -0.39 is 0 Å². The van der Waals surface area contributed by atoms with Gasteiger partial charge in [-0.05, 0) is 57.1 Å². The molecule has 0 aromatic carbocycles. The van der Waals surface area contributed by atoms with Gasteiger partial charge in [0.05, 0.1) is 12.1 Å². The minimum absolute atomic E-state index is 0. The van der Waals surface area contributed by atoms with E-state index in [0.29, 0.717) is 6.04 Å². The highest BCUT2D eigenvalue weighted by Crippen LogP contribution is 2.20. The van der Waals surface area contributed by atoms with Crippen molar-refractivity contribution in [1.82, 2.24) is 20.4 Å². The van der Waals surface area contributed by atoms with Crippen molar-refractivity contribution in [3.63, 3.8) is 0 Å². The van der Waals surface area contributed by atoms with Crippen molar-refractivity contribution in [3.8, 4) is 0 Å². The number of H-pyrrole nitrogens is 1. The third-order valence-electron chi connectivity index (χ3n) is 5.59. The van der Waals surface area contributed by atoms with Crippen LogP contribution in [0, 0.1) is 0 Å². The highest BCUT2D eigenvalue weighted by atomic mass is 35.5. The summed E-state index contributed by atoms with van der Waals surface area (Å²) >= 11 is 0. The van der Waals surface area contributed by atoms with Crippen molar-refractivity contribution in [3.05, 3.63) is 27.2 Å². The molecule has 0 radical (unpaired) electrons. The fourth-order valence-electron chi connectivity index (χ4n) is 4.03. The van der Waals surface area contributed by atoms with Crippen LogP contribution in [0.3, 0.4) is 0 Å². The van der Waals surface area contributed by atoms with Crippen LogP contribution in [0.5, 0.6) is 0 Å². The van der Waals surface area contributed by atoms with Crippen LogP contribution in [-0.2, 0) is 24.1 Å². The predicted octanol–water partition coefficient (Wildman–Crippen LogP) is 1.99. The van der Waals surface area contributed by atoms with Crippen molar-refractivity contribution in [2.75, 3.05) is 20.1 Å². The van der Waals surface area contributed by atoms with Crippen LogP contribution in [0.2, 0.25) is 0 Å². The number of aromatic nitrogens is 2. The monoisotopic (exact) mass is 382 g/mol. The molecule has 0 atom stereocenters. The molecular weight excluding hydrogens is 352 g/mol. The van der Waals surface area contributed by atoms with Gasteiger partial charge >= 0.3 is 0 Å². The first-order valence-corrected chi connectivity index (χ1v) is 9.72. The third-order valence-corrected chi connectivity index (χ3v) is 5.59. The van der Waals surface area contributed by atoms with Crippen LogP contribution in [0.4, 0.5) is 0 Å². The molecule has 0 saturated heterocycles. The molecule has 1 aromatic rings. The number of nitrogens with one attached hydrogen (secondary N) is 2. The summed E-state index contributed by atoms with van der Waals surface area (Å²) in [5.74, 6) is 0.0770. The Bertz CT molecular complexity index is 655. The number of rotatable bonds is 7. The van der Waals surface area contributed by atoms with Crippen LogP contribution in [-0.4, -0.2) is 47.2 Å². The van der Waals surface area contributed by atoms with Crippen LogP contribution in [0.25, 0.3) is 0 Å². The maximum Gasteiger partial charge on any atom is 0.267 e. The molecule has 146 valence electrons. The second-order valence-electron chi connectivity index (χ2n) is 7.44. The lowest BCUT2D eigenvalue weighted by molar-refractivity contribution is -0.129. The van der Waals surface area contributed by atoms with E-state index in [2.05, 4.69) is 15.5 Å². The molecule has 0 unspecified atom stereocenters. The van der Waals surface area contributed by atoms with Crippen LogP contribution in [0.1, 0.15) is 61.8 Å². The molecule has 3 rings (SSSR count). The minimum atomic E-state index is -0.0859. The van der Waals surface area contributed by atoms with E-state index in [0.717, 1.165) is 62.0 Å². The van der Waals surface area contributed by atoms with Gasteiger partial charge in [0.25, 0.3) is 5.56 Å². The zero-order valence-corrected chi connectivity index (χ0v) is 16.5. The van der Waals surface area contributed by atoms with Gasteiger partial charge in [-0.2, -0.15) is 5.10 Å². The molecule has 2 aliphatic rings. The molecule has 1 aromatic heterocycles. The zero-order chi connectivity index (χ0) is 17.6. The zero-order valence-electron chi connectivity index (χ0n) is 15.7. The Hall–Kier alpha value is -1.40. The van der Waals surface area contributed by atoms with Gasteiger partial charge in [-0.1, -0.05) is 12.8 Å². The summed E-state index contributed by atoms with van der Waals surface area (Å²) in [5, 5.41) is 10.3. The smallest absolute Gasteiger partial charge is 0.267 e. The van der Waals surface area contributed by atoms with E-state index in [-0.39, 0.29) is 30.3 Å². The molecule has 0 bridgehead atoms. The standard InChI is InChI=1S/C19H30N4O2.ClH/c1-23(12-6-11-20-14-7-2-3-8-14)18(24)13-17-15-9-4-5-10-16(15)19(25)22-21-17;/h14,20H,2-13H2,1H3,(H,22,25);1H. The lowest BCUT2D eigenvalue weighted by Crippen LogP contribution is -2.34. The van der Waals surface area contributed by atoms with Gasteiger partial charge in [0, 0.05) is 25.2 Å². The van der Waals surface area contributed by atoms with Crippen molar-refractivity contribution in [2.45, 2.75) is 70.3 Å². The average molecular weight is 383 g/mol. The van der Waals surface area contributed by atoms with Gasteiger partial charge in [0.15, 0.2) is 0 Å². The SMILES string of the molecule is CN(CCCNC1CCCC1)C(=O)Cc1n[nH]c(=O)c2c1CCCC2.Cl. The first-order chi connectivity index (χ1) is 12.1. The highest BCUT2D eigenvalue weighted by molar-refractivity contribution is 5.85. The topological polar surface area (TPSA) is 78.1 Å². The largest absolute Gasteiger partial charge is 0.345 e. The van der Waals surface area contributed by atoms with Gasteiger partial charge in [-0.3, -0.25) is 9.59 Å². The summed E-state index contributed by atoms with van der Waals surface area (Å²) in [5.41, 5.74) is 2.53. The second kappa shape index (κ2) is 10.1. The van der Waals surface area contributed by atoms with E-state index >= 15 is 0 Å². The van der Waals surface area contributed by atoms with Crippen LogP contribution >= 0.6 is 12.4 Å². The number of hydrogen-bond donors (Lipinski definition) is 2. The third kappa shape index (κ3) is 5.30. The van der Waals surface area contributed by atoms with E-state index in [1.807, 2.05) is 7.05 Å². The van der Waals surface area contributed by atoms with Crippen molar-refractivity contribution < 1.29 is 4.79 Å². The number of carbonyl (C=O) groups excluding carboxylic acids is 1. The highest BCUT2D eigenvalue weighted by Gasteiger charge is 2.20. The Kier molecular flexibility index (Phi) is 8.10. The van der Waals surface area contributed by atoms with Crippen LogP contribution < -0.4 is 10.9 Å². The summed E-state index contributed by atoms with van der Waals surface area (Å²) < 4.78 is 0. The molecule has 6 nitrogen and oxygen atoms in total. The number of nitrogens with zero attached hydrogens (tertiary/aromatic N) is 2. The number of carbonyl (C=O) groups is 1. The fourth-order valence-corrected chi connectivity index (χ4v) is 4.03. The molecule has 26 heavy (non-hydrogen) atoms. The Labute approximate surface area is 161 Å². The molecule has 0 aliphatic heterocycles. The first kappa shape index (κ1) is 20.9. The number of aromatic amines is 1. The minimum Gasteiger partial charge on any atom is -0.345 e. The molecule has 0 spiro atoms. The van der Waals surface area contributed by atoms with Crippen molar-refractivity contribution in [2.24, 2.45) is 0 Å². The van der Waals surface area contributed by atoms with Crippen molar-refractivity contribution >= 4 is 18.3 Å². The van der Waals surface area contributed by atoms with Gasteiger partial charge in [0.1, 0.15) is 0 Å². The maximum absolute atomic E-state index is 12.5. The van der Waals surface area contributed by atoms with Gasteiger partial charge in [0.2, 0.25) is 5.91 Å². The first-order valence-electron chi connectivity index (χ1n) is 9.72. The Balaban J connectivity index is 0.00000243. The normalized spacial score (nSPS) is 16.8. The molecule has 1 amide bonds. The van der Waals surface area contributed by atoms with Gasteiger partial charge in [-0.15, -0.1) is 12.4 Å². The summed E-state index contributed by atoms with van der Waals surface area (Å²) in [6, 6.07) is 0.679. The maximum atomic E-state index is 12.5. The van der Waals surface area contributed by atoms with Gasteiger partial charge < -0.3 is 10.2 Å². The predicted molar refractivity (Wildman–Crippen MR) is 105 cm³/mol. The van der Waals surface area contributed by atoms with Crippen LogP contribution in [0.15, 0.2) is 4.79 Å². The van der Waals surface area contributed by atoms with E-state index in [1.165, 1.54) is 25.7 Å². The molecular formula is C19H31ClN4O2. The molecule has 1 fully saturated rings. The van der Waals surface area contributed by atoms with Gasteiger partial charge in [-0.25, -0.2) is 5.10 Å². The number of amides is 1. The second-order valence-corrected chi connectivity index (χ2v) is 7.44. The fraction of sp³-hybridized carbons (Fsp3) is 0.737. The summed E-state index contributed by atoms with van der Waals surface area (Å²) in [4.78, 5) is 26.2.